The zero-order valence-corrected chi connectivity index (χ0v) is 59.1. The number of amidine groups is 1. The van der Waals surface area contributed by atoms with Crippen LogP contribution >= 0.6 is 28.2 Å². The summed E-state index contributed by atoms with van der Waals surface area (Å²) in [6.07, 6.45) is 0. The Balaban J connectivity index is 0.000000138. The molecule has 16 nitrogen and oxygen atoms in total. The van der Waals surface area contributed by atoms with Gasteiger partial charge in [0.05, 0.1) is 53.4 Å². The fraction of sp³-hybridized carbons (Fsp3) is 0.0930. The number of hydrogen-bond donors (Lipinski definition) is 4. The van der Waals surface area contributed by atoms with Gasteiger partial charge >= 0.3 is 0 Å². The molecule has 3 aliphatic heterocycles. The largest absolute Gasteiger partial charge is 0.482 e. The molecule has 0 saturated heterocycles. The lowest BCUT2D eigenvalue weighted by molar-refractivity contribution is -0.122. The molecule has 3 amide bonds. The molecule has 6 N–H and O–H groups in total. The number of ether oxygens (including phenoxy) is 3. The second-order valence-corrected chi connectivity index (χ2v) is 25.3. The number of alkyl halides is 1. The van der Waals surface area contributed by atoms with Crippen molar-refractivity contribution >= 4 is 68.8 Å². The highest BCUT2D eigenvalue weighted by molar-refractivity contribution is 9.08. The van der Waals surface area contributed by atoms with Gasteiger partial charge in [0, 0.05) is 16.5 Å². The third-order valence-corrected chi connectivity index (χ3v) is 18.3. The van der Waals surface area contributed by atoms with Gasteiger partial charge in [-0.15, -0.1) is 0 Å². The number of nitrogens with zero attached hydrogens (tertiary/aromatic N) is 4. The predicted molar refractivity (Wildman–Crippen MR) is 415 cm³/mol. The highest BCUT2D eigenvalue weighted by Crippen LogP contribution is 2.42. The van der Waals surface area contributed by atoms with Crippen LogP contribution in [0.5, 0.6) is 23.0 Å². The molecule has 104 heavy (non-hydrogen) atoms. The first-order valence-electron chi connectivity index (χ1n) is 33.1. The lowest BCUT2D eigenvalue weighted by Crippen LogP contribution is -2.38. The number of hydrogen-bond acceptors (Lipinski definition) is 13. The minimum Gasteiger partial charge on any atom is -0.482 e. The first-order chi connectivity index (χ1) is 50.7. The molecular formula is C86H69BrN8O8S. The number of rotatable bonds is 15. The van der Waals surface area contributed by atoms with Crippen LogP contribution in [0.15, 0.2) is 273 Å². The molecule has 12 aromatic carbocycles. The van der Waals surface area contributed by atoms with E-state index in [1.54, 1.807) is 28.0 Å². The number of nitriles is 2. The normalized spacial score (nSPS) is 12.3. The van der Waals surface area contributed by atoms with Crippen molar-refractivity contribution in [3.63, 3.8) is 0 Å². The van der Waals surface area contributed by atoms with Crippen LogP contribution in [0.3, 0.4) is 0 Å². The highest BCUT2D eigenvalue weighted by Gasteiger charge is 2.29. The van der Waals surface area contributed by atoms with Crippen molar-refractivity contribution in [1.82, 2.24) is 0 Å². The number of benzene rings is 12. The van der Waals surface area contributed by atoms with Crippen LogP contribution < -0.4 is 45.1 Å². The Labute approximate surface area is 616 Å². The molecule has 0 bridgehead atoms. The minimum atomic E-state index is -0.138. The molecule has 3 heterocycles. The van der Waals surface area contributed by atoms with E-state index in [0.29, 0.717) is 64.9 Å². The van der Waals surface area contributed by atoms with Crippen molar-refractivity contribution in [3.8, 4) is 102 Å². The fourth-order valence-electron chi connectivity index (χ4n) is 12.3. The number of anilines is 3. The summed E-state index contributed by atoms with van der Waals surface area (Å²) >= 11 is 4.05. The summed E-state index contributed by atoms with van der Waals surface area (Å²) in [5.41, 5.74) is 27.6. The van der Waals surface area contributed by atoms with Crippen LogP contribution in [0.25, 0.3) is 66.8 Å². The van der Waals surface area contributed by atoms with Crippen molar-refractivity contribution in [1.29, 1.82) is 15.9 Å². The van der Waals surface area contributed by atoms with Crippen molar-refractivity contribution in [2.75, 3.05) is 34.9 Å². The van der Waals surface area contributed by atoms with Gasteiger partial charge in [-0.05, 0) is 188 Å². The molecule has 0 fully saturated rings. The molecule has 0 unspecified atom stereocenters. The Morgan fingerprint density at radius 1 is 0.481 bits per heavy atom. The lowest BCUT2D eigenvalue weighted by Gasteiger charge is -2.30. The van der Waals surface area contributed by atoms with Gasteiger partial charge in [-0.3, -0.25) is 24.9 Å². The molecule has 3 aliphatic rings. The zero-order valence-electron chi connectivity index (χ0n) is 56.7. The Morgan fingerprint density at radius 2 is 0.904 bits per heavy atom. The van der Waals surface area contributed by atoms with E-state index < -0.39 is 0 Å². The molecule has 12 aromatic rings. The van der Waals surface area contributed by atoms with Crippen LogP contribution in [-0.2, 0) is 37.1 Å². The Hall–Kier alpha value is -12.6. The van der Waals surface area contributed by atoms with E-state index in [0.717, 1.165) is 94.8 Å². The van der Waals surface area contributed by atoms with Gasteiger partial charge in [0.2, 0.25) is 0 Å². The summed E-state index contributed by atoms with van der Waals surface area (Å²) in [6.45, 7) is 5.05. The molecule has 0 saturated carbocycles. The van der Waals surface area contributed by atoms with Gasteiger partial charge < -0.3 is 39.9 Å². The first kappa shape index (κ1) is 71.3. The van der Waals surface area contributed by atoms with Crippen LogP contribution in [0.1, 0.15) is 44.5 Å². The van der Waals surface area contributed by atoms with E-state index >= 15 is 0 Å². The van der Waals surface area contributed by atoms with Crippen molar-refractivity contribution in [2.24, 2.45) is 10.9 Å². The summed E-state index contributed by atoms with van der Waals surface area (Å²) in [4.78, 5) is 46.0. The monoisotopic (exact) mass is 1450 g/mol. The Morgan fingerprint density at radius 3 is 1.40 bits per heavy atom. The number of carbonyl (C=O) groups is 3. The average molecular weight is 1450 g/mol. The molecular weight excluding hydrogens is 1380 g/mol. The van der Waals surface area contributed by atoms with E-state index in [1.165, 1.54) is 22.3 Å². The van der Waals surface area contributed by atoms with Crippen LogP contribution in [0.2, 0.25) is 0 Å². The van der Waals surface area contributed by atoms with E-state index in [-0.39, 0.29) is 43.4 Å². The molecule has 0 spiro atoms. The van der Waals surface area contributed by atoms with Gasteiger partial charge in [0.15, 0.2) is 25.6 Å². The first-order valence-corrected chi connectivity index (χ1v) is 35.1. The van der Waals surface area contributed by atoms with Gasteiger partial charge in [-0.25, -0.2) is 0 Å². The number of halogens is 1. The summed E-state index contributed by atoms with van der Waals surface area (Å²) in [5.74, 6) is 2.27. The standard InChI is InChI=1S/C29H22N2O2.C28H24N4O4S.C15H13NO2.C14H10BrN/c1-20-6-2-3-11-26(20)25-12-13-28-27(16-25)31(29(32)19-33-28)18-22-8-5-10-24(15-22)23-9-4-7-21(14-23)17-30;29-28(30)22-8-4-7-20(14-22)19-6-3-5-18(13-19)16-32-24-15-21(11-12-26(24)34-17-27(32)33)23-9-1-2-10-25(23)35-36-37-31;1-10-4-2-3-5-12(10)11-6-7-14-13(8-11)16-15(17)9-18-14;15-9-11-3-1-5-13(7-11)14-6-2-4-12(8-14)10-16/h2-16H,18-19H2,1H3;1-15H,16-17,31H2,(H3,29,30);2-8H,9H2,1H3,(H,16,17);1-8H,9H2. The summed E-state index contributed by atoms with van der Waals surface area (Å²) in [5, 5.41) is 34.8. The number of carbonyl (C=O) groups excluding carboxylic acids is 3. The quantitative estimate of drug-likeness (QED) is 0.0142. The second kappa shape index (κ2) is 33.7. The molecule has 0 radical (unpaired) electrons. The summed E-state index contributed by atoms with van der Waals surface area (Å²) < 4.78 is 21.7. The summed E-state index contributed by atoms with van der Waals surface area (Å²) in [7, 11) is 0. The van der Waals surface area contributed by atoms with Crippen LogP contribution in [-0.4, -0.2) is 43.4 Å². The number of amides is 3. The van der Waals surface area contributed by atoms with E-state index in [2.05, 4.69) is 95.8 Å². The highest BCUT2D eigenvalue weighted by atomic mass is 79.9. The van der Waals surface area contributed by atoms with Crippen LogP contribution in [0, 0.1) is 41.9 Å². The van der Waals surface area contributed by atoms with E-state index in [4.69, 9.17) is 45.0 Å². The number of nitrogens with two attached hydrogens (primary N) is 2. The maximum Gasteiger partial charge on any atom is 0.265 e. The molecule has 15 rings (SSSR count). The zero-order chi connectivity index (χ0) is 72.5. The van der Waals surface area contributed by atoms with E-state index in [9.17, 15) is 19.6 Å². The number of nitrogens with one attached hydrogen (secondary N) is 2. The van der Waals surface area contributed by atoms with Gasteiger partial charge in [0.25, 0.3) is 17.7 Å². The fourth-order valence-corrected chi connectivity index (χ4v) is 12.7. The third kappa shape index (κ3) is 17.4. The molecule has 0 aliphatic carbocycles. The molecule has 0 aromatic heterocycles. The third-order valence-electron chi connectivity index (χ3n) is 17.5. The van der Waals surface area contributed by atoms with Crippen molar-refractivity contribution in [3.05, 3.63) is 317 Å². The van der Waals surface area contributed by atoms with Gasteiger partial charge in [-0.1, -0.05) is 208 Å². The van der Waals surface area contributed by atoms with Crippen LogP contribution in [0.4, 0.5) is 17.1 Å². The summed E-state index contributed by atoms with van der Waals surface area (Å²) in [6, 6.07) is 92.8. The average Bonchev–Trinajstić information content (AvgIpc) is 0.785. The SMILES string of the molecule is Cc1ccccc1-c1ccc2c(c1)N(Cc1cccc(-c3cccc(C#N)c3)c1)C(=O)CO2.Cc1ccccc1-c1ccc2c(c1)NC(=O)CO2.N#Cc1cccc(-c2cccc(CBr)c2)c1.N=C(N)c1cccc(-c2cccc(CN3C(=O)COc4ccc(-c5ccccc5OOSN)cc43)c2)c1. The molecule has 0 atom stereocenters. The molecule has 514 valence electrons. The predicted octanol–water partition coefficient (Wildman–Crippen LogP) is 18.3. The topological polar surface area (TPSA) is 239 Å². The minimum absolute atomic E-state index is 0.0182. The van der Waals surface area contributed by atoms with Gasteiger partial charge in [0.1, 0.15) is 35.3 Å². The number of para-hydroxylation sites is 1. The number of fused-ring (bicyclic) bond motifs is 3. The maximum absolute atomic E-state index is 13.0. The lowest BCUT2D eigenvalue weighted by atomic mass is 9.99. The number of nitrogen functional groups attached to an aromatic ring is 1. The van der Waals surface area contributed by atoms with Crippen molar-refractivity contribution < 1.29 is 37.8 Å². The maximum atomic E-state index is 13.0. The van der Waals surface area contributed by atoms with Crippen molar-refractivity contribution in [2.45, 2.75) is 32.3 Å². The second-order valence-electron chi connectivity index (χ2n) is 24.4. The molecule has 18 heteroatoms. The van der Waals surface area contributed by atoms with E-state index in [1.807, 2.05) is 206 Å². The van der Waals surface area contributed by atoms with Gasteiger partial charge in [-0.2, -0.15) is 10.5 Å². The Kier molecular flexibility index (Phi) is 23.1. The smallest absolute Gasteiger partial charge is 0.265 e. The number of aryl methyl sites for hydroxylation is 2. The Bertz CT molecular complexity index is 5290.